The van der Waals surface area contributed by atoms with Gasteiger partial charge in [-0.15, -0.1) is 0 Å². The fourth-order valence-electron chi connectivity index (χ4n) is 3.04. The number of carbonyl (C=O) groups is 1. The number of halogens is 1. The van der Waals surface area contributed by atoms with Gasteiger partial charge in [0.05, 0.1) is 42.1 Å². The van der Waals surface area contributed by atoms with Crippen LogP contribution in [0.1, 0.15) is 0 Å². The molecule has 3 aromatic rings. The van der Waals surface area contributed by atoms with Crippen molar-refractivity contribution in [3.8, 4) is 11.5 Å². The topological polar surface area (TPSA) is 97.0 Å². The molecule has 0 saturated carbocycles. The molecule has 0 bridgehead atoms. The molecule has 0 unspecified atom stereocenters. The highest BCUT2D eigenvalue weighted by atomic mass is 35.5. The monoisotopic (exact) mass is 489 g/mol. The van der Waals surface area contributed by atoms with E-state index in [0.717, 1.165) is 0 Å². The standard InChI is InChI=1S/C23H24ClN3O5S/c1-27(17-9-5-4-6-10-17)33(29,30)18-11-7-8-16(12-18)25-15-23(28)26-20-13-19(24)21(31-2)14-22(20)32-3/h4-14,25H,15H2,1-3H3,(H,26,28). The highest BCUT2D eigenvalue weighted by Gasteiger charge is 2.21. The molecule has 0 atom stereocenters. The van der Waals surface area contributed by atoms with Crippen molar-refractivity contribution in [3.05, 3.63) is 71.8 Å². The summed E-state index contributed by atoms with van der Waals surface area (Å²) in [5.74, 6) is 0.439. The van der Waals surface area contributed by atoms with Crippen LogP contribution in [0.2, 0.25) is 5.02 Å². The van der Waals surface area contributed by atoms with Gasteiger partial charge < -0.3 is 20.1 Å². The summed E-state index contributed by atoms with van der Waals surface area (Å²) in [6.07, 6.45) is 0. The highest BCUT2D eigenvalue weighted by Crippen LogP contribution is 2.35. The summed E-state index contributed by atoms with van der Waals surface area (Å²) in [6.45, 7) is -0.106. The lowest BCUT2D eigenvalue weighted by Crippen LogP contribution is -2.26. The van der Waals surface area contributed by atoms with E-state index in [9.17, 15) is 13.2 Å². The van der Waals surface area contributed by atoms with Gasteiger partial charge in [0.25, 0.3) is 10.0 Å². The number of nitrogens with one attached hydrogen (secondary N) is 2. The third-order valence-corrected chi connectivity index (χ3v) is 6.89. The molecular weight excluding hydrogens is 466 g/mol. The van der Waals surface area contributed by atoms with Crippen LogP contribution in [0.25, 0.3) is 0 Å². The Balaban J connectivity index is 1.70. The Morgan fingerprint density at radius 1 is 0.970 bits per heavy atom. The molecule has 2 N–H and O–H groups in total. The molecule has 3 rings (SSSR count). The number of para-hydroxylation sites is 1. The smallest absolute Gasteiger partial charge is 0.264 e. The summed E-state index contributed by atoms with van der Waals surface area (Å²) in [5, 5.41) is 5.97. The van der Waals surface area contributed by atoms with Gasteiger partial charge in [-0.25, -0.2) is 8.42 Å². The number of amides is 1. The molecule has 0 heterocycles. The van der Waals surface area contributed by atoms with Crippen molar-refractivity contribution in [3.63, 3.8) is 0 Å². The summed E-state index contributed by atoms with van der Waals surface area (Å²) in [6, 6.07) is 18.1. The van der Waals surface area contributed by atoms with Gasteiger partial charge in [0.1, 0.15) is 11.5 Å². The van der Waals surface area contributed by atoms with Crippen LogP contribution in [0.4, 0.5) is 17.1 Å². The molecule has 3 aromatic carbocycles. The number of benzene rings is 3. The van der Waals surface area contributed by atoms with Crippen LogP contribution in [-0.4, -0.2) is 42.1 Å². The lowest BCUT2D eigenvalue weighted by molar-refractivity contribution is -0.114. The van der Waals surface area contributed by atoms with Crippen molar-refractivity contribution in [1.82, 2.24) is 0 Å². The van der Waals surface area contributed by atoms with Crippen molar-refractivity contribution >= 4 is 44.6 Å². The molecule has 1 amide bonds. The van der Waals surface area contributed by atoms with E-state index in [1.807, 2.05) is 6.07 Å². The Kier molecular flexibility index (Phi) is 7.67. The normalized spacial score (nSPS) is 10.9. The minimum absolute atomic E-state index is 0.0999. The largest absolute Gasteiger partial charge is 0.495 e. The maximum atomic E-state index is 13.0. The Hall–Kier alpha value is -3.43. The molecule has 8 nitrogen and oxygen atoms in total. The van der Waals surface area contributed by atoms with Crippen LogP contribution in [0.5, 0.6) is 11.5 Å². The van der Waals surface area contributed by atoms with Crippen LogP contribution in [0, 0.1) is 0 Å². The van der Waals surface area contributed by atoms with E-state index in [2.05, 4.69) is 10.6 Å². The van der Waals surface area contributed by atoms with Gasteiger partial charge in [0.2, 0.25) is 5.91 Å². The Morgan fingerprint density at radius 3 is 2.33 bits per heavy atom. The minimum Gasteiger partial charge on any atom is -0.495 e. The van der Waals surface area contributed by atoms with E-state index in [1.165, 1.54) is 43.8 Å². The van der Waals surface area contributed by atoms with Crippen LogP contribution in [0.3, 0.4) is 0 Å². The minimum atomic E-state index is -3.77. The average molecular weight is 490 g/mol. The number of sulfonamides is 1. The number of anilines is 3. The van der Waals surface area contributed by atoms with Gasteiger partial charge >= 0.3 is 0 Å². The first-order valence-corrected chi connectivity index (χ1v) is 11.7. The van der Waals surface area contributed by atoms with Gasteiger partial charge in [0.15, 0.2) is 0 Å². The molecule has 0 fully saturated rings. The molecule has 0 saturated heterocycles. The summed E-state index contributed by atoms with van der Waals surface area (Å²) >= 11 is 6.14. The Labute approximate surface area is 198 Å². The van der Waals surface area contributed by atoms with E-state index in [4.69, 9.17) is 21.1 Å². The van der Waals surface area contributed by atoms with E-state index in [0.29, 0.717) is 33.6 Å². The fraction of sp³-hybridized carbons (Fsp3) is 0.174. The van der Waals surface area contributed by atoms with E-state index in [-0.39, 0.29) is 17.3 Å². The summed E-state index contributed by atoms with van der Waals surface area (Å²) < 4.78 is 37.6. The van der Waals surface area contributed by atoms with Gasteiger partial charge in [0, 0.05) is 18.8 Å². The van der Waals surface area contributed by atoms with Gasteiger partial charge in [-0.2, -0.15) is 0 Å². The van der Waals surface area contributed by atoms with E-state index < -0.39 is 10.0 Å². The van der Waals surface area contributed by atoms with E-state index >= 15 is 0 Å². The van der Waals surface area contributed by atoms with Crippen molar-refractivity contribution in [2.45, 2.75) is 4.90 Å². The SMILES string of the molecule is COc1cc(OC)c(NC(=O)CNc2cccc(S(=O)(=O)N(C)c3ccccc3)c2)cc1Cl. The van der Waals surface area contributed by atoms with E-state index in [1.54, 1.807) is 42.5 Å². The van der Waals surface area contributed by atoms with Gasteiger partial charge in [-0.05, 0) is 36.4 Å². The van der Waals surface area contributed by atoms with Crippen molar-refractivity contribution in [2.24, 2.45) is 0 Å². The first-order valence-electron chi connectivity index (χ1n) is 9.85. The first-order chi connectivity index (χ1) is 15.8. The summed E-state index contributed by atoms with van der Waals surface area (Å²) in [7, 11) is 0.667. The molecule has 10 heteroatoms. The quantitative estimate of drug-likeness (QED) is 0.467. The fourth-order valence-corrected chi connectivity index (χ4v) is 4.52. The van der Waals surface area contributed by atoms with Crippen LogP contribution >= 0.6 is 11.6 Å². The lowest BCUT2D eigenvalue weighted by Gasteiger charge is -2.20. The zero-order valence-electron chi connectivity index (χ0n) is 18.3. The second-order valence-corrected chi connectivity index (χ2v) is 9.30. The predicted octanol–water partition coefficient (Wildman–Crippen LogP) is 4.23. The molecule has 0 aliphatic carbocycles. The molecular formula is C23H24ClN3O5S. The van der Waals surface area contributed by atoms with Crippen molar-refractivity contribution in [1.29, 1.82) is 0 Å². The average Bonchev–Trinajstić information content (AvgIpc) is 2.83. The molecule has 0 aliphatic heterocycles. The molecule has 0 aliphatic rings. The number of carbonyl (C=O) groups excluding carboxylic acids is 1. The molecule has 33 heavy (non-hydrogen) atoms. The Bertz CT molecular complexity index is 1240. The highest BCUT2D eigenvalue weighted by molar-refractivity contribution is 7.92. The number of rotatable bonds is 9. The molecule has 0 radical (unpaired) electrons. The predicted molar refractivity (Wildman–Crippen MR) is 130 cm³/mol. The van der Waals surface area contributed by atoms with Crippen LogP contribution in [0.15, 0.2) is 71.6 Å². The number of hydrogen-bond acceptors (Lipinski definition) is 6. The van der Waals surface area contributed by atoms with Gasteiger partial charge in [-0.3, -0.25) is 9.10 Å². The maximum Gasteiger partial charge on any atom is 0.264 e. The van der Waals surface area contributed by atoms with Crippen LogP contribution < -0.4 is 24.4 Å². The molecule has 0 aromatic heterocycles. The Morgan fingerprint density at radius 2 is 1.67 bits per heavy atom. The zero-order valence-corrected chi connectivity index (χ0v) is 19.9. The molecule has 174 valence electrons. The first kappa shape index (κ1) is 24.2. The number of hydrogen-bond donors (Lipinski definition) is 2. The second kappa shape index (κ2) is 10.5. The molecule has 0 spiro atoms. The maximum absolute atomic E-state index is 13.0. The zero-order chi connectivity index (χ0) is 24.0. The number of nitrogens with zero attached hydrogens (tertiary/aromatic N) is 1. The summed E-state index contributed by atoms with van der Waals surface area (Å²) in [4.78, 5) is 12.6. The lowest BCUT2D eigenvalue weighted by atomic mass is 10.2. The second-order valence-electron chi connectivity index (χ2n) is 6.92. The third-order valence-electron chi connectivity index (χ3n) is 4.81. The summed E-state index contributed by atoms with van der Waals surface area (Å²) in [5.41, 5.74) is 1.41. The van der Waals surface area contributed by atoms with Crippen molar-refractivity contribution < 1.29 is 22.7 Å². The number of ether oxygens (including phenoxy) is 2. The van der Waals surface area contributed by atoms with Crippen LogP contribution in [-0.2, 0) is 14.8 Å². The third kappa shape index (κ3) is 5.68. The van der Waals surface area contributed by atoms with Gasteiger partial charge in [-0.1, -0.05) is 35.9 Å². The number of methoxy groups -OCH3 is 2. The van der Waals surface area contributed by atoms with Crippen molar-refractivity contribution in [2.75, 3.05) is 42.8 Å².